The monoisotopic (exact) mass is 362 g/mol. The van der Waals surface area contributed by atoms with Crippen LogP contribution in [0.2, 0.25) is 0 Å². The zero-order valence-corrected chi connectivity index (χ0v) is 14.9. The molecule has 4 rings (SSSR count). The first-order chi connectivity index (χ1) is 12.4. The summed E-state index contributed by atoms with van der Waals surface area (Å²) in [5.41, 5.74) is 4.20. The first-order valence-corrected chi connectivity index (χ1v) is 8.26. The molecule has 0 aliphatic rings. The molecule has 0 unspecified atom stereocenters. The number of hydrogen-bond donors (Lipinski definition) is 1. The molecule has 130 valence electrons. The van der Waals surface area contributed by atoms with Gasteiger partial charge in [-0.3, -0.25) is 4.98 Å². The molecular formula is C22H19ClN2O. The van der Waals surface area contributed by atoms with Crippen molar-refractivity contribution in [1.29, 1.82) is 0 Å². The van der Waals surface area contributed by atoms with Crippen LogP contribution in [0.25, 0.3) is 10.9 Å². The van der Waals surface area contributed by atoms with E-state index in [0.29, 0.717) is 6.61 Å². The molecule has 0 saturated heterocycles. The molecule has 0 saturated carbocycles. The van der Waals surface area contributed by atoms with Crippen molar-refractivity contribution in [3.63, 3.8) is 0 Å². The van der Waals surface area contributed by atoms with Gasteiger partial charge in [-0.25, -0.2) is 0 Å². The van der Waals surface area contributed by atoms with Crippen molar-refractivity contribution in [3.8, 4) is 5.75 Å². The summed E-state index contributed by atoms with van der Waals surface area (Å²) in [4.78, 5) is 4.39. The van der Waals surface area contributed by atoms with Crippen LogP contribution in [0.15, 0.2) is 91.1 Å². The van der Waals surface area contributed by atoms with E-state index in [-0.39, 0.29) is 12.4 Å². The molecule has 0 aliphatic carbocycles. The van der Waals surface area contributed by atoms with Gasteiger partial charge in [-0.1, -0.05) is 48.5 Å². The Morgan fingerprint density at radius 1 is 0.769 bits per heavy atom. The summed E-state index contributed by atoms with van der Waals surface area (Å²) >= 11 is 0. The third kappa shape index (κ3) is 4.13. The van der Waals surface area contributed by atoms with Crippen molar-refractivity contribution in [2.24, 2.45) is 0 Å². The van der Waals surface area contributed by atoms with E-state index in [1.165, 1.54) is 0 Å². The Hall–Kier alpha value is -3.04. The molecule has 3 aromatic carbocycles. The summed E-state index contributed by atoms with van der Waals surface area (Å²) in [7, 11) is 0. The van der Waals surface area contributed by atoms with Crippen LogP contribution in [0.5, 0.6) is 5.75 Å². The molecule has 4 heteroatoms. The number of nitrogens with zero attached hydrogens (tertiary/aromatic N) is 1. The van der Waals surface area contributed by atoms with E-state index in [4.69, 9.17) is 4.74 Å². The summed E-state index contributed by atoms with van der Waals surface area (Å²) in [6.45, 7) is 0.572. The van der Waals surface area contributed by atoms with Crippen LogP contribution in [0, 0.1) is 0 Å². The SMILES string of the molecule is Cl.c1ccc(COc2ccc(Nc3ccnc4ccccc34)cc2)cc1. The lowest BCUT2D eigenvalue weighted by atomic mass is 10.2. The minimum atomic E-state index is 0. The Kier molecular flexibility index (Phi) is 5.72. The van der Waals surface area contributed by atoms with Crippen LogP contribution < -0.4 is 10.1 Å². The molecule has 0 fully saturated rings. The molecule has 26 heavy (non-hydrogen) atoms. The van der Waals surface area contributed by atoms with Crippen LogP contribution in [0.3, 0.4) is 0 Å². The fourth-order valence-electron chi connectivity index (χ4n) is 2.74. The molecule has 0 radical (unpaired) electrons. The maximum atomic E-state index is 5.83. The number of aromatic nitrogens is 1. The van der Waals surface area contributed by atoms with Crippen LogP contribution in [-0.4, -0.2) is 4.98 Å². The van der Waals surface area contributed by atoms with Gasteiger partial charge in [-0.05, 0) is 42.0 Å². The summed E-state index contributed by atoms with van der Waals surface area (Å²) < 4.78 is 5.83. The van der Waals surface area contributed by atoms with Gasteiger partial charge in [0.25, 0.3) is 0 Å². The topological polar surface area (TPSA) is 34.1 Å². The van der Waals surface area contributed by atoms with E-state index in [1.807, 2.05) is 72.9 Å². The van der Waals surface area contributed by atoms with Crippen LogP contribution >= 0.6 is 12.4 Å². The van der Waals surface area contributed by atoms with E-state index >= 15 is 0 Å². The fourth-order valence-corrected chi connectivity index (χ4v) is 2.74. The second kappa shape index (κ2) is 8.37. The average molecular weight is 363 g/mol. The van der Waals surface area contributed by atoms with E-state index < -0.39 is 0 Å². The summed E-state index contributed by atoms with van der Waals surface area (Å²) in [5, 5.41) is 4.56. The first-order valence-electron chi connectivity index (χ1n) is 8.26. The zero-order chi connectivity index (χ0) is 16.9. The molecule has 0 atom stereocenters. The number of pyridine rings is 1. The molecule has 1 aromatic heterocycles. The molecule has 0 spiro atoms. The minimum absolute atomic E-state index is 0. The highest BCUT2D eigenvalue weighted by Crippen LogP contribution is 2.26. The highest BCUT2D eigenvalue weighted by atomic mass is 35.5. The molecule has 0 amide bonds. The minimum Gasteiger partial charge on any atom is -0.489 e. The van der Waals surface area contributed by atoms with Crippen molar-refractivity contribution in [2.45, 2.75) is 6.61 Å². The number of rotatable bonds is 5. The predicted octanol–water partition coefficient (Wildman–Crippen LogP) is 5.98. The van der Waals surface area contributed by atoms with E-state index in [0.717, 1.165) is 33.6 Å². The van der Waals surface area contributed by atoms with E-state index in [2.05, 4.69) is 28.5 Å². The summed E-state index contributed by atoms with van der Waals surface area (Å²) in [6, 6.07) is 28.3. The number of para-hydroxylation sites is 1. The normalized spacial score (nSPS) is 10.2. The van der Waals surface area contributed by atoms with E-state index in [9.17, 15) is 0 Å². The number of ether oxygens (including phenoxy) is 1. The van der Waals surface area contributed by atoms with Gasteiger partial charge in [-0.15, -0.1) is 12.4 Å². The summed E-state index contributed by atoms with van der Waals surface area (Å²) in [6.07, 6.45) is 1.82. The van der Waals surface area contributed by atoms with Crippen molar-refractivity contribution in [3.05, 3.63) is 96.7 Å². The van der Waals surface area contributed by atoms with Crippen molar-refractivity contribution in [2.75, 3.05) is 5.32 Å². The predicted molar refractivity (Wildman–Crippen MR) is 109 cm³/mol. The molecule has 0 bridgehead atoms. The van der Waals surface area contributed by atoms with Crippen LogP contribution in [0.1, 0.15) is 5.56 Å². The van der Waals surface area contributed by atoms with Crippen molar-refractivity contribution < 1.29 is 4.74 Å². The molecule has 0 aliphatic heterocycles. The third-order valence-corrected chi connectivity index (χ3v) is 4.03. The molecule has 4 aromatic rings. The maximum Gasteiger partial charge on any atom is 0.119 e. The number of benzene rings is 3. The molecule has 1 N–H and O–H groups in total. The number of anilines is 2. The average Bonchev–Trinajstić information content (AvgIpc) is 2.69. The van der Waals surface area contributed by atoms with Gasteiger partial charge in [0, 0.05) is 23.0 Å². The Bertz CT molecular complexity index is 967. The van der Waals surface area contributed by atoms with E-state index in [1.54, 1.807) is 0 Å². The second-order valence-electron chi connectivity index (χ2n) is 5.80. The lowest BCUT2D eigenvalue weighted by molar-refractivity contribution is 0.306. The van der Waals surface area contributed by atoms with Gasteiger partial charge in [0.05, 0.1) is 5.52 Å². The van der Waals surface area contributed by atoms with Crippen molar-refractivity contribution in [1.82, 2.24) is 4.98 Å². The van der Waals surface area contributed by atoms with Gasteiger partial charge >= 0.3 is 0 Å². The quantitative estimate of drug-likeness (QED) is 0.474. The number of nitrogens with one attached hydrogen (secondary N) is 1. The fraction of sp³-hybridized carbons (Fsp3) is 0.0455. The van der Waals surface area contributed by atoms with Gasteiger partial charge in [0.1, 0.15) is 12.4 Å². The molecule has 1 heterocycles. The zero-order valence-electron chi connectivity index (χ0n) is 14.1. The van der Waals surface area contributed by atoms with Gasteiger partial charge in [0.15, 0.2) is 0 Å². The highest BCUT2D eigenvalue weighted by Gasteiger charge is 2.02. The lowest BCUT2D eigenvalue weighted by Crippen LogP contribution is -1.96. The highest BCUT2D eigenvalue weighted by molar-refractivity contribution is 5.92. The Morgan fingerprint density at radius 3 is 2.31 bits per heavy atom. The van der Waals surface area contributed by atoms with Crippen molar-refractivity contribution >= 4 is 34.7 Å². The molecular weight excluding hydrogens is 344 g/mol. The van der Waals surface area contributed by atoms with Crippen LogP contribution in [-0.2, 0) is 6.61 Å². The summed E-state index contributed by atoms with van der Waals surface area (Å²) in [5.74, 6) is 0.856. The Balaban J connectivity index is 0.00000196. The molecule has 3 nitrogen and oxygen atoms in total. The van der Waals surface area contributed by atoms with Crippen LogP contribution in [0.4, 0.5) is 11.4 Å². The largest absolute Gasteiger partial charge is 0.489 e. The smallest absolute Gasteiger partial charge is 0.119 e. The van der Waals surface area contributed by atoms with Gasteiger partial charge in [0.2, 0.25) is 0 Å². The first kappa shape index (κ1) is 17.8. The number of halogens is 1. The lowest BCUT2D eigenvalue weighted by Gasteiger charge is -2.11. The standard InChI is InChI=1S/C22H18N2O.ClH/c1-2-6-17(7-3-1)16-25-19-12-10-18(11-13-19)24-22-14-15-23-21-9-5-4-8-20(21)22;/h1-15H,16H2,(H,23,24);1H. The maximum absolute atomic E-state index is 5.83. The Labute approximate surface area is 159 Å². The Morgan fingerprint density at radius 2 is 1.50 bits per heavy atom. The van der Waals surface area contributed by atoms with Gasteiger partial charge in [-0.2, -0.15) is 0 Å². The number of fused-ring (bicyclic) bond motifs is 1. The van der Waals surface area contributed by atoms with Gasteiger partial charge < -0.3 is 10.1 Å². The second-order valence-corrected chi connectivity index (χ2v) is 5.80. The third-order valence-electron chi connectivity index (χ3n) is 4.03. The number of hydrogen-bond acceptors (Lipinski definition) is 3.